The number of nitrogens with zero attached hydrogens (tertiary/aromatic N) is 1. The Kier molecular flexibility index (Phi) is 2.92. The van der Waals surface area contributed by atoms with Crippen LogP contribution in [-0.2, 0) is 0 Å². The minimum atomic E-state index is 0.386. The molecule has 90 valence electrons. The number of nitrogen functional groups attached to an aromatic ring is 1. The molecule has 17 heavy (non-hydrogen) atoms. The van der Waals surface area contributed by atoms with Crippen LogP contribution in [0.3, 0.4) is 0 Å². The van der Waals surface area contributed by atoms with Crippen LogP contribution >= 0.6 is 0 Å². The molecular weight excluding hydrogens is 210 g/mol. The molecule has 0 unspecified atom stereocenters. The fraction of sp³-hybridized carbons (Fsp3) is 0.357. The number of hydrogen-bond donors (Lipinski definition) is 2. The molecule has 0 radical (unpaired) electrons. The van der Waals surface area contributed by atoms with E-state index in [1.54, 1.807) is 0 Å². The molecule has 0 atom stereocenters. The van der Waals surface area contributed by atoms with Crippen molar-refractivity contribution in [2.75, 3.05) is 5.73 Å². The summed E-state index contributed by atoms with van der Waals surface area (Å²) in [4.78, 5) is 0. The SMILES string of the molecule is Cc1ccc(-c2c(N)n[nH]c2C(C)C)cc1C. The summed E-state index contributed by atoms with van der Waals surface area (Å²) in [6, 6.07) is 6.40. The Bertz CT molecular complexity index is 538. The lowest BCUT2D eigenvalue weighted by Crippen LogP contribution is -1.94. The number of aryl methyl sites for hydroxylation is 2. The normalized spacial score (nSPS) is 11.1. The number of anilines is 1. The second-order valence-electron chi connectivity index (χ2n) is 4.85. The highest BCUT2D eigenvalue weighted by molar-refractivity contribution is 5.77. The van der Waals surface area contributed by atoms with E-state index in [0.29, 0.717) is 11.7 Å². The molecule has 2 rings (SSSR count). The zero-order valence-corrected chi connectivity index (χ0v) is 10.8. The van der Waals surface area contributed by atoms with Crippen molar-refractivity contribution in [1.29, 1.82) is 0 Å². The van der Waals surface area contributed by atoms with Gasteiger partial charge in [0.05, 0.1) is 0 Å². The van der Waals surface area contributed by atoms with E-state index in [4.69, 9.17) is 5.73 Å². The maximum absolute atomic E-state index is 5.96. The highest BCUT2D eigenvalue weighted by atomic mass is 15.2. The molecule has 3 heteroatoms. The molecule has 0 saturated carbocycles. The first-order valence-corrected chi connectivity index (χ1v) is 5.92. The average molecular weight is 229 g/mol. The van der Waals surface area contributed by atoms with Crippen LogP contribution in [0.15, 0.2) is 18.2 Å². The molecular formula is C14H19N3. The van der Waals surface area contributed by atoms with Crippen LogP contribution in [0, 0.1) is 13.8 Å². The van der Waals surface area contributed by atoms with E-state index in [-0.39, 0.29) is 0 Å². The zero-order chi connectivity index (χ0) is 12.6. The molecule has 0 saturated heterocycles. The Morgan fingerprint density at radius 1 is 1.18 bits per heavy atom. The topological polar surface area (TPSA) is 54.7 Å². The van der Waals surface area contributed by atoms with Gasteiger partial charge in [0.1, 0.15) is 0 Å². The van der Waals surface area contributed by atoms with Gasteiger partial charge < -0.3 is 5.73 Å². The molecule has 0 amide bonds. The molecule has 0 bridgehead atoms. The maximum Gasteiger partial charge on any atom is 0.153 e. The van der Waals surface area contributed by atoms with Crippen molar-refractivity contribution in [3.05, 3.63) is 35.0 Å². The fourth-order valence-electron chi connectivity index (χ4n) is 1.99. The third-order valence-electron chi connectivity index (χ3n) is 3.20. The van der Waals surface area contributed by atoms with E-state index in [1.807, 2.05) is 0 Å². The molecule has 1 heterocycles. The van der Waals surface area contributed by atoms with Gasteiger partial charge >= 0.3 is 0 Å². The molecule has 0 aliphatic heterocycles. The Morgan fingerprint density at radius 2 is 1.88 bits per heavy atom. The first kappa shape index (κ1) is 11.7. The fourth-order valence-corrected chi connectivity index (χ4v) is 1.99. The van der Waals surface area contributed by atoms with Crippen molar-refractivity contribution in [2.45, 2.75) is 33.6 Å². The zero-order valence-electron chi connectivity index (χ0n) is 10.8. The summed E-state index contributed by atoms with van der Waals surface area (Å²) >= 11 is 0. The van der Waals surface area contributed by atoms with Crippen molar-refractivity contribution in [1.82, 2.24) is 10.2 Å². The molecule has 3 N–H and O–H groups in total. The van der Waals surface area contributed by atoms with E-state index in [1.165, 1.54) is 11.1 Å². The predicted molar refractivity (Wildman–Crippen MR) is 72.0 cm³/mol. The van der Waals surface area contributed by atoms with Gasteiger partial charge in [0, 0.05) is 11.3 Å². The summed E-state index contributed by atoms with van der Waals surface area (Å²) in [5.74, 6) is 0.966. The summed E-state index contributed by atoms with van der Waals surface area (Å²) in [7, 11) is 0. The van der Waals surface area contributed by atoms with Crippen LogP contribution < -0.4 is 5.73 Å². The highest BCUT2D eigenvalue weighted by Crippen LogP contribution is 2.32. The van der Waals surface area contributed by atoms with Crippen molar-refractivity contribution >= 4 is 5.82 Å². The summed E-state index contributed by atoms with van der Waals surface area (Å²) < 4.78 is 0. The summed E-state index contributed by atoms with van der Waals surface area (Å²) in [6.45, 7) is 8.50. The Hall–Kier alpha value is -1.77. The molecule has 0 spiro atoms. The Balaban J connectivity index is 2.59. The van der Waals surface area contributed by atoms with Crippen molar-refractivity contribution < 1.29 is 0 Å². The van der Waals surface area contributed by atoms with Crippen LogP contribution in [0.25, 0.3) is 11.1 Å². The van der Waals surface area contributed by atoms with Gasteiger partial charge in [0.15, 0.2) is 5.82 Å². The average Bonchev–Trinajstić information content (AvgIpc) is 2.64. The Labute approximate surface area is 102 Å². The number of H-pyrrole nitrogens is 1. The smallest absolute Gasteiger partial charge is 0.153 e. The van der Waals surface area contributed by atoms with Gasteiger partial charge in [-0.15, -0.1) is 0 Å². The summed E-state index contributed by atoms with van der Waals surface area (Å²) in [5.41, 5.74) is 11.8. The molecule has 1 aromatic heterocycles. The third kappa shape index (κ3) is 2.05. The van der Waals surface area contributed by atoms with E-state index >= 15 is 0 Å². The number of rotatable bonds is 2. The van der Waals surface area contributed by atoms with Crippen LogP contribution in [0.4, 0.5) is 5.82 Å². The number of nitrogens with one attached hydrogen (secondary N) is 1. The second-order valence-corrected chi connectivity index (χ2v) is 4.85. The monoisotopic (exact) mass is 229 g/mol. The van der Waals surface area contributed by atoms with E-state index in [2.05, 4.69) is 56.1 Å². The van der Waals surface area contributed by atoms with Gasteiger partial charge in [-0.05, 0) is 36.5 Å². The molecule has 0 aliphatic rings. The van der Waals surface area contributed by atoms with Gasteiger partial charge in [-0.2, -0.15) is 5.10 Å². The van der Waals surface area contributed by atoms with Crippen molar-refractivity contribution in [3.8, 4) is 11.1 Å². The van der Waals surface area contributed by atoms with Crippen LogP contribution in [-0.4, -0.2) is 10.2 Å². The number of benzene rings is 1. The van der Waals surface area contributed by atoms with Gasteiger partial charge in [-0.1, -0.05) is 32.0 Å². The quantitative estimate of drug-likeness (QED) is 0.829. The van der Waals surface area contributed by atoms with Gasteiger partial charge in [-0.3, -0.25) is 5.10 Å². The maximum atomic E-state index is 5.96. The number of hydrogen-bond acceptors (Lipinski definition) is 2. The standard InChI is InChI=1S/C14H19N3/c1-8(2)13-12(14(15)17-16-13)11-6-5-9(3)10(4)7-11/h5-8H,1-4H3,(H3,15,16,17). The lowest BCUT2D eigenvalue weighted by Gasteiger charge is -2.09. The minimum absolute atomic E-state index is 0.386. The molecule has 0 aliphatic carbocycles. The van der Waals surface area contributed by atoms with Gasteiger partial charge in [0.2, 0.25) is 0 Å². The van der Waals surface area contributed by atoms with Gasteiger partial charge in [-0.25, -0.2) is 0 Å². The van der Waals surface area contributed by atoms with Crippen LogP contribution in [0.5, 0.6) is 0 Å². The number of aromatic amines is 1. The largest absolute Gasteiger partial charge is 0.382 e. The predicted octanol–water partition coefficient (Wildman–Crippen LogP) is 3.40. The van der Waals surface area contributed by atoms with Crippen molar-refractivity contribution in [3.63, 3.8) is 0 Å². The van der Waals surface area contributed by atoms with Crippen molar-refractivity contribution in [2.24, 2.45) is 0 Å². The van der Waals surface area contributed by atoms with Crippen LogP contribution in [0.2, 0.25) is 0 Å². The first-order valence-electron chi connectivity index (χ1n) is 5.92. The molecule has 0 fully saturated rings. The van der Waals surface area contributed by atoms with E-state index in [0.717, 1.165) is 16.8 Å². The minimum Gasteiger partial charge on any atom is -0.382 e. The van der Waals surface area contributed by atoms with Gasteiger partial charge in [0.25, 0.3) is 0 Å². The van der Waals surface area contributed by atoms with Crippen LogP contribution in [0.1, 0.15) is 36.6 Å². The summed E-state index contributed by atoms with van der Waals surface area (Å²) in [6.07, 6.45) is 0. The Morgan fingerprint density at radius 3 is 2.47 bits per heavy atom. The lowest BCUT2D eigenvalue weighted by atomic mass is 9.96. The number of aromatic nitrogens is 2. The van der Waals surface area contributed by atoms with E-state index < -0.39 is 0 Å². The number of nitrogens with two attached hydrogens (primary N) is 1. The molecule has 3 nitrogen and oxygen atoms in total. The third-order valence-corrected chi connectivity index (χ3v) is 3.20. The first-order chi connectivity index (χ1) is 8.00. The lowest BCUT2D eigenvalue weighted by molar-refractivity contribution is 0.812. The molecule has 2 aromatic rings. The van der Waals surface area contributed by atoms with E-state index in [9.17, 15) is 0 Å². The second kappa shape index (κ2) is 4.24. The summed E-state index contributed by atoms with van der Waals surface area (Å²) in [5, 5.41) is 7.15. The molecule has 1 aromatic carbocycles. The highest BCUT2D eigenvalue weighted by Gasteiger charge is 2.15.